The number of allylic oxidation sites excluding steroid dienone is 1. The Balaban J connectivity index is 3.75. The number of ether oxygens (including phenoxy) is 1. The summed E-state index contributed by atoms with van der Waals surface area (Å²) in [6, 6.07) is 0. The third kappa shape index (κ3) is 3.08. The Morgan fingerprint density at radius 1 is 1.62 bits per heavy atom. The second-order valence-electron chi connectivity index (χ2n) is 1.18. The maximum atomic E-state index is 8.45. The topological polar surface area (TPSA) is 49.7 Å². The van der Waals surface area contributed by atoms with Gasteiger partial charge < -0.3 is 14.9 Å². The van der Waals surface area contributed by atoms with Crippen molar-refractivity contribution >= 4 is 0 Å². The molecule has 2 N–H and O–H groups in total. The molecular weight excluding hydrogens is 108 g/mol. The normalized spacial score (nSPS) is 10.9. The van der Waals surface area contributed by atoms with Crippen molar-refractivity contribution in [3.63, 3.8) is 0 Å². The highest BCUT2D eigenvalue weighted by atomic mass is 16.6. The van der Waals surface area contributed by atoms with Crippen LogP contribution < -0.4 is 0 Å². The second kappa shape index (κ2) is 2.96. The van der Waals surface area contributed by atoms with E-state index in [0.29, 0.717) is 0 Å². The van der Waals surface area contributed by atoms with E-state index in [4.69, 9.17) is 10.2 Å². The van der Waals surface area contributed by atoms with Gasteiger partial charge in [-0.25, -0.2) is 0 Å². The molecule has 0 spiro atoms. The van der Waals surface area contributed by atoms with Gasteiger partial charge in [-0.05, 0) is 0 Å². The summed E-state index contributed by atoms with van der Waals surface area (Å²) in [7, 11) is 1.29. The fourth-order valence-corrected chi connectivity index (χ4v) is 0.201. The third-order valence-electron chi connectivity index (χ3n) is 0.499. The van der Waals surface area contributed by atoms with E-state index in [1.54, 1.807) is 0 Å². The first kappa shape index (κ1) is 6.88. The fraction of sp³-hybridized carbons (Fsp3) is 0.200. The number of hydrogen-bond donors (Lipinski definition) is 2. The molecule has 0 unspecified atom stereocenters. The van der Waals surface area contributed by atoms with Crippen LogP contribution >= 0.6 is 0 Å². The van der Waals surface area contributed by atoms with Crippen molar-refractivity contribution in [2.45, 2.75) is 0 Å². The zero-order chi connectivity index (χ0) is 6.57. The summed E-state index contributed by atoms with van der Waals surface area (Å²) in [5.74, 6) is -0.582. The molecule has 3 nitrogen and oxygen atoms in total. The fourth-order valence-electron chi connectivity index (χ4n) is 0.201. The number of rotatable bonds is 2. The van der Waals surface area contributed by atoms with Crippen molar-refractivity contribution in [1.82, 2.24) is 0 Å². The molecule has 0 aromatic carbocycles. The molecule has 0 aromatic rings. The van der Waals surface area contributed by atoms with E-state index in [1.165, 1.54) is 7.11 Å². The largest absolute Gasteiger partial charge is 0.508 e. The minimum Gasteiger partial charge on any atom is -0.508 e. The molecule has 0 saturated heterocycles. The summed E-state index contributed by atoms with van der Waals surface area (Å²) < 4.78 is 4.26. The highest BCUT2D eigenvalue weighted by Crippen LogP contribution is 1.92. The summed E-state index contributed by atoms with van der Waals surface area (Å²) in [5.41, 5.74) is 0. The monoisotopic (exact) mass is 116 g/mol. The Morgan fingerprint density at radius 3 is 2.25 bits per heavy atom. The highest BCUT2D eigenvalue weighted by Gasteiger charge is 1.86. The quantitative estimate of drug-likeness (QED) is 0.419. The van der Waals surface area contributed by atoms with E-state index in [0.717, 1.165) is 6.08 Å². The Bertz CT molecular complexity index is 115. The second-order valence-corrected chi connectivity index (χ2v) is 1.18. The van der Waals surface area contributed by atoms with Crippen LogP contribution in [0, 0.1) is 0 Å². The first-order chi connectivity index (χ1) is 3.66. The van der Waals surface area contributed by atoms with Crippen LogP contribution in [0.4, 0.5) is 0 Å². The lowest BCUT2D eigenvalue weighted by atomic mass is 10.5. The molecule has 0 aliphatic heterocycles. The average molecular weight is 116 g/mol. The van der Waals surface area contributed by atoms with Gasteiger partial charge in [0.05, 0.1) is 13.2 Å². The Labute approximate surface area is 47.5 Å². The van der Waals surface area contributed by atoms with Gasteiger partial charge in [-0.2, -0.15) is 0 Å². The van der Waals surface area contributed by atoms with Gasteiger partial charge in [0.2, 0.25) is 0 Å². The molecule has 0 amide bonds. The molecule has 0 aliphatic carbocycles. The molecule has 3 heteroatoms. The summed E-state index contributed by atoms with van der Waals surface area (Å²) in [6.07, 6.45) is 1.00. The molecule has 8 heavy (non-hydrogen) atoms. The van der Waals surface area contributed by atoms with Crippen LogP contribution in [0.25, 0.3) is 0 Å². The SMILES string of the molecule is C=C(O)/C=C(\O)OC. The van der Waals surface area contributed by atoms with Crippen molar-refractivity contribution in [2.75, 3.05) is 7.11 Å². The van der Waals surface area contributed by atoms with Crippen LogP contribution in [0.1, 0.15) is 0 Å². The zero-order valence-corrected chi connectivity index (χ0v) is 4.59. The van der Waals surface area contributed by atoms with Crippen molar-refractivity contribution in [1.29, 1.82) is 0 Å². The van der Waals surface area contributed by atoms with Gasteiger partial charge in [0.15, 0.2) is 0 Å². The minimum absolute atomic E-state index is 0.232. The van der Waals surface area contributed by atoms with Crippen molar-refractivity contribution in [3.8, 4) is 0 Å². The van der Waals surface area contributed by atoms with Gasteiger partial charge in [-0.1, -0.05) is 6.58 Å². The lowest BCUT2D eigenvalue weighted by Gasteiger charge is -1.93. The van der Waals surface area contributed by atoms with Gasteiger partial charge in [0.1, 0.15) is 5.76 Å². The van der Waals surface area contributed by atoms with Gasteiger partial charge in [-0.3, -0.25) is 0 Å². The first-order valence-corrected chi connectivity index (χ1v) is 1.99. The van der Waals surface area contributed by atoms with Crippen LogP contribution in [0.3, 0.4) is 0 Å². The summed E-state index contributed by atoms with van der Waals surface area (Å²) in [5, 5.41) is 16.8. The van der Waals surface area contributed by atoms with Crippen molar-refractivity contribution in [3.05, 3.63) is 24.4 Å². The van der Waals surface area contributed by atoms with Crippen molar-refractivity contribution < 1.29 is 14.9 Å². The Morgan fingerprint density at radius 2 is 2.12 bits per heavy atom. The van der Waals surface area contributed by atoms with Gasteiger partial charge in [0, 0.05) is 0 Å². The molecule has 0 bridgehead atoms. The molecule has 0 fully saturated rings. The molecule has 0 heterocycles. The number of aliphatic hydroxyl groups is 2. The standard InChI is InChI=1S/C5H8O3/c1-4(6)3-5(7)8-2/h3,6-7H,1H2,2H3/b5-3+. The molecule has 0 rings (SSSR count). The molecule has 46 valence electrons. The van der Waals surface area contributed by atoms with Crippen molar-refractivity contribution in [2.24, 2.45) is 0 Å². The van der Waals surface area contributed by atoms with Crippen LogP contribution in [-0.2, 0) is 4.74 Å². The summed E-state index contributed by atoms with van der Waals surface area (Å²) in [6.45, 7) is 3.08. The van der Waals surface area contributed by atoms with E-state index in [2.05, 4.69) is 11.3 Å². The summed E-state index contributed by atoms with van der Waals surface area (Å²) in [4.78, 5) is 0. The first-order valence-electron chi connectivity index (χ1n) is 1.99. The Hall–Kier alpha value is -1.12. The van der Waals surface area contributed by atoms with Gasteiger partial charge >= 0.3 is 0 Å². The van der Waals surface area contributed by atoms with Gasteiger partial charge in [0.25, 0.3) is 5.95 Å². The molecule has 0 atom stereocenters. The number of methoxy groups -OCH3 is 1. The number of aliphatic hydroxyl groups excluding tert-OH is 2. The molecular formula is C5H8O3. The van der Waals surface area contributed by atoms with Crippen LogP contribution in [0.5, 0.6) is 0 Å². The number of hydrogen-bond acceptors (Lipinski definition) is 3. The van der Waals surface area contributed by atoms with E-state index >= 15 is 0 Å². The molecule has 0 aromatic heterocycles. The Kier molecular flexibility index (Phi) is 2.54. The van der Waals surface area contributed by atoms with Gasteiger partial charge in [-0.15, -0.1) is 0 Å². The predicted octanol–water partition coefficient (Wildman–Crippen LogP) is 1.10. The lowest BCUT2D eigenvalue weighted by molar-refractivity contribution is 0.134. The average Bonchev–Trinajstić information content (AvgIpc) is 1.65. The lowest BCUT2D eigenvalue weighted by Crippen LogP contribution is -1.83. The smallest absolute Gasteiger partial charge is 0.280 e. The van der Waals surface area contributed by atoms with E-state index < -0.39 is 0 Å². The van der Waals surface area contributed by atoms with Crippen LogP contribution in [-0.4, -0.2) is 17.3 Å². The van der Waals surface area contributed by atoms with E-state index in [-0.39, 0.29) is 11.7 Å². The van der Waals surface area contributed by atoms with Crippen LogP contribution in [0.15, 0.2) is 24.4 Å². The minimum atomic E-state index is -0.350. The highest BCUT2D eigenvalue weighted by molar-refractivity contribution is 5.05. The maximum Gasteiger partial charge on any atom is 0.280 e. The maximum absolute atomic E-state index is 8.45. The summed E-state index contributed by atoms with van der Waals surface area (Å²) >= 11 is 0. The van der Waals surface area contributed by atoms with Crippen LogP contribution in [0.2, 0.25) is 0 Å². The molecule has 0 radical (unpaired) electrons. The third-order valence-corrected chi connectivity index (χ3v) is 0.499. The van der Waals surface area contributed by atoms with E-state index in [1.807, 2.05) is 0 Å². The molecule has 0 saturated carbocycles. The predicted molar refractivity (Wildman–Crippen MR) is 29.5 cm³/mol. The van der Waals surface area contributed by atoms with E-state index in [9.17, 15) is 0 Å². The molecule has 0 aliphatic rings. The zero-order valence-electron chi connectivity index (χ0n) is 4.59.